The van der Waals surface area contributed by atoms with Crippen LogP contribution in [0.1, 0.15) is 63.8 Å². The van der Waals surface area contributed by atoms with Crippen molar-refractivity contribution in [2.45, 2.75) is 52.4 Å². The van der Waals surface area contributed by atoms with Crippen molar-refractivity contribution in [3.8, 4) is 33.4 Å². The van der Waals surface area contributed by atoms with Gasteiger partial charge in [-0.05, 0) is 78.6 Å². The van der Waals surface area contributed by atoms with Gasteiger partial charge in [-0.1, -0.05) is 114 Å². The molecule has 1 aliphatic rings. The number of fused-ring (bicyclic) bond motifs is 3. The second-order valence-electron chi connectivity index (χ2n) is 11.4. The third-order valence-corrected chi connectivity index (χ3v) is 6.83. The van der Waals surface area contributed by atoms with E-state index in [1.807, 2.05) is 0 Å². The van der Waals surface area contributed by atoms with Crippen molar-refractivity contribution >= 4 is 0 Å². The van der Waals surface area contributed by atoms with Gasteiger partial charge >= 0.3 is 0 Å². The van der Waals surface area contributed by atoms with Crippen LogP contribution in [0.15, 0.2) is 84.9 Å². The lowest BCUT2D eigenvalue weighted by Crippen LogP contribution is -2.10. The monoisotopic (exact) mass is 429 g/mol. The Kier molecular flexibility index (Phi) is 5.09. The fourth-order valence-corrected chi connectivity index (χ4v) is 4.71. The van der Waals surface area contributed by atoms with Crippen molar-refractivity contribution in [1.82, 2.24) is 0 Å². The molecule has 1 radical (unpaired) electrons. The lowest BCUT2D eigenvalue weighted by Gasteiger charge is -2.20. The van der Waals surface area contributed by atoms with Crippen molar-refractivity contribution in [2.24, 2.45) is 0 Å². The Morgan fingerprint density at radius 2 is 0.818 bits per heavy atom. The summed E-state index contributed by atoms with van der Waals surface area (Å²) >= 11 is 0. The molecule has 0 saturated carbocycles. The molecule has 1 aliphatic carbocycles. The second-order valence-corrected chi connectivity index (χ2v) is 11.4. The van der Waals surface area contributed by atoms with Gasteiger partial charge in [0, 0.05) is 6.42 Å². The van der Waals surface area contributed by atoms with Gasteiger partial charge in [0.05, 0.1) is 0 Å². The van der Waals surface area contributed by atoms with Gasteiger partial charge in [-0.15, -0.1) is 0 Å². The maximum atomic E-state index is 2.35. The van der Waals surface area contributed by atoms with E-state index in [-0.39, 0.29) is 10.8 Å². The molecule has 0 amide bonds. The van der Waals surface area contributed by atoms with E-state index in [4.69, 9.17) is 0 Å². The van der Waals surface area contributed by atoms with Crippen LogP contribution in [0, 0.1) is 6.42 Å². The molecule has 165 valence electrons. The Labute approximate surface area is 199 Å². The third kappa shape index (κ3) is 4.15. The molecule has 4 aromatic carbocycles. The second kappa shape index (κ2) is 7.73. The van der Waals surface area contributed by atoms with E-state index in [2.05, 4.69) is 133 Å². The predicted molar refractivity (Wildman–Crippen MR) is 143 cm³/mol. The summed E-state index contributed by atoms with van der Waals surface area (Å²) in [5.41, 5.74) is 13.4. The molecule has 0 bridgehead atoms. The molecule has 33 heavy (non-hydrogen) atoms. The van der Waals surface area contributed by atoms with E-state index < -0.39 is 0 Å². The van der Waals surface area contributed by atoms with Crippen LogP contribution in [0.25, 0.3) is 33.4 Å². The number of hydrogen-bond donors (Lipinski definition) is 0. The summed E-state index contributed by atoms with van der Waals surface area (Å²) in [6, 6.07) is 31.7. The zero-order valence-electron chi connectivity index (χ0n) is 20.7. The molecule has 0 spiro atoms. The molecule has 0 heteroatoms. The molecular weight excluding hydrogens is 396 g/mol. The highest BCUT2D eigenvalue weighted by atomic mass is 14.2. The van der Waals surface area contributed by atoms with Crippen LogP contribution in [0.4, 0.5) is 0 Å². The lowest BCUT2D eigenvalue weighted by molar-refractivity contribution is 0.590. The Morgan fingerprint density at radius 1 is 0.424 bits per heavy atom. The Morgan fingerprint density at radius 3 is 1.21 bits per heavy atom. The smallest absolute Gasteiger partial charge is 0.0212 e. The molecule has 4 aromatic rings. The van der Waals surface area contributed by atoms with Crippen molar-refractivity contribution in [3.05, 3.63) is 114 Å². The van der Waals surface area contributed by atoms with Crippen LogP contribution in [0.3, 0.4) is 0 Å². The normalized spacial score (nSPS) is 13.0. The molecule has 0 aromatic heterocycles. The van der Waals surface area contributed by atoms with E-state index in [0.29, 0.717) is 0 Å². The van der Waals surface area contributed by atoms with Crippen molar-refractivity contribution in [2.75, 3.05) is 0 Å². The Hall–Kier alpha value is -3.12. The van der Waals surface area contributed by atoms with E-state index in [0.717, 1.165) is 0 Å². The van der Waals surface area contributed by atoms with Gasteiger partial charge in [0.2, 0.25) is 0 Å². The summed E-state index contributed by atoms with van der Waals surface area (Å²) in [5, 5.41) is 0. The minimum Gasteiger partial charge on any atom is -0.0614 e. The van der Waals surface area contributed by atoms with Crippen LogP contribution in [0.2, 0.25) is 0 Å². The van der Waals surface area contributed by atoms with E-state index >= 15 is 0 Å². The van der Waals surface area contributed by atoms with Gasteiger partial charge in [0.25, 0.3) is 0 Å². The van der Waals surface area contributed by atoms with Crippen LogP contribution >= 0.6 is 0 Å². The first-order valence-electron chi connectivity index (χ1n) is 11.9. The molecule has 0 N–H and O–H groups in total. The van der Waals surface area contributed by atoms with Crippen LogP contribution in [-0.2, 0) is 10.8 Å². The molecule has 0 aliphatic heterocycles. The predicted octanol–water partition coefficient (Wildman–Crippen LogP) is 9.20. The fourth-order valence-electron chi connectivity index (χ4n) is 4.71. The molecule has 0 saturated heterocycles. The molecule has 5 rings (SSSR count). The van der Waals surface area contributed by atoms with Gasteiger partial charge in [-0.2, -0.15) is 0 Å². The van der Waals surface area contributed by atoms with Gasteiger partial charge in [-0.3, -0.25) is 0 Å². The van der Waals surface area contributed by atoms with Crippen LogP contribution in [-0.4, -0.2) is 0 Å². The van der Waals surface area contributed by atoms with Gasteiger partial charge in [-0.25, -0.2) is 0 Å². The highest BCUT2D eigenvalue weighted by molar-refractivity contribution is 5.86. The van der Waals surface area contributed by atoms with E-state index in [1.165, 1.54) is 55.6 Å². The SMILES string of the molecule is CC(C)(C)c1cccc(-c2ccc3c(c2)[CH]c2cc(-c4cccc(C(C)(C)C)c4)ccc2-3)c1. The van der Waals surface area contributed by atoms with Gasteiger partial charge < -0.3 is 0 Å². The number of rotatable bonds is 2. The van der Waals surface area contributed by atoms with E-state index in [9.17, 15) is 0 Å². The molecular formula is C33H33. The molecule has 0 atom stereocenters. The highest BCUT2D eigenvalue weighted by Gasteiger charge is 2.21. The van der Waals surface area contributed by atoms with Crippen molar-refractivity contribution < 1.29 is 0 Å². The molecule has 0 unspecified atom stereocenters. The maximum Gasteiger partial charge on any atom is 0.0212 e. The molecule has 0 nitrogen and oxygen atoms in total. The number of benzene rings is 4. The van der Waals surface area contributed by atoms with Crippen LogP contribution in [0.5, 0.6) is 0 Å². The quantitative estimate of drug-likeness (QED) is 0.262. The summed E-state index contributed by atoms with van der Waals surface area (Å²) < 4.78 is 0. The average Bonchev–Trinajstić information content (AvgIpc) is 3.15. The zero-order valence-corrected chi connectivity index (χ0v) is 20.7. The largest absolute Gasteiger partial charge is 0.0614 e. The lowest BCUT2D eigenvalue weighted by atomic mass is 9.85. The summed E-state index contributed by atoms with van der Waals surface area (Å²) in [7, 11) is 0. The highest BCUT2D eigenvalue weighted by Crippen LogP contribution is 2.42. The fraction of sp³-hybridized carbons (Fsp3) is 0.242. The first-order valence-corrected chi connectivity index (χ1v) is 11.9. The Balaban J connectivity index is 1.48. The maximum absolute atomic E-state index is 2.35. The summed E-state index contributed by atoms with van der Waals surface area (Å²) in [5.74, 6) is 0. The van der Waals surface area contributed by atoms with Gasteiger partial charge in [0.1, 0.15) is 0 Å². The average molecular weight is 430 g/mol. The van der Waals surface area contributed by atoms with E-state index in [1.54, 1.807) is 0 Å². The topological polar surface area (TPSA) is 0 Å². The summed E-state index contributed by atoms with van der Waals surface area (Å²) in [4.78, 5) is 0. The van der Waals surface area contributed by atoms with Crippen molar-refractivity contribution in [1.29, 1.82) is 0 Å². The first kappa shape index (κ1) is 21.7. The molecule has 0 fully saturated rings. The summed E-state index contributed by atoms with van der Waals surface area (Å²) in [6.45, 7) is 13.6. The number of hydrogen-bond acceptors (Lipinski definition) is 0. The first-order chi connectivity index (χ1) is 15.6. The van der Waals surface area contributed by atoms with Crippen LogP contribution < -0.4 is 0 Å². The van der Waals surface area contributed by atoms with Crippen molar-refractivity contribution in [3.63, 3.8) is 0 Å². The summed E-state index contributed by atoms with van der Waals surface area (Å²) in [6.07, 6.45) is 2.35. The standard InChI is InChI=1S/C33H33/c1-32(2,3)28-11-7-9-22(20-28)24-13-15-30-26(17-24)19-27-18-25(14-16-31(27)30)23-10-8-12-29(21-23)33(4,5)6/h7-21H,1-6H3. The minimum atomic E-state index is 0.149. The third-order valence-electron chi connectivity index (χ3n) is 6.83. The minimum absolute atomic E-state index is 0.149. The molecule has 0 heterocycles. The zero-order chi connectivity index (χ0) is 23.4. The Bertz CT molecular complexity index is 1230. The van der Waals surface area contributed by atoms with Gasteiger partial charge in [0.15, 0.2) is 0 Å².